The van der Waals surface area contributed by atoms with Gasteiger partial charge in [-0.3, -0.25) is 9.78 Å². The van der Waals surface area contributed by atoms with Crippen LogP contribution in [-0.2, 0) is 24.9 Å². The smallest absolute Gasteiger partial charge is 0.155 e. The Morgan fingerprint density at radius 1 is 1.26 bits per heavy atom. The summed E-state index contributed by atoms with van der Waals surface area (Å²) in [6.07, 6.45) is 2.77. The average molecular weight is 504 g/mol. The topological polar surface area (TPSA) is 63.1 Å². The molecule has 0 aliphatic carbocycles. The van der Waals surface area contributed by atoms with Gasteiger partial charge in [0.15, 0.2) is 5.78 Å². The first kappa shape index (κ1) is 19.2. The van der Waals surface area contributed by atoms with Gasteiger partial charge in [0.25, 0.3) is 0 Å². The van der Waals surface area contributed by atoms with Crippen LogP contribution in [0.5, 0.6) is 0 Å². The molecule has 0 unspecified atom stereocenters. The zero-order valence-electron chi connectivity index (χ0n) is 12.6. The van der Waals surface area contributed by atoms with Crippen LogP contribution in [0, 0.1) is 6.07 Å². The number of fused-ring (bicyclic) bond motifs is 1. The van der Waals surface area contributed by atoms with Crippen molar-refractivity contribution < 1.29 is 30.0 Å². The van der Waals surface area contributed by atoms with Crippen molar-refractivity contribution in [2.24, 2.45) is 0 Å². The first-order valence-corrected chi connectivity index (χ1v) is 7.49. The Bertz CT molecular complexity index is 796. The molecule has 0 fully saturated rings. The number of allylic oxidation sites excluding steroid dienone is 2. The maximum atomic E-state index is 10.0. The van der Waals surface area contributed by atoms with Crippen molar-refractivity contribution >= 4 is 27.3 Å². The number of carbonyl (C=O) groups excluding carboxylic acids is 1. The summed E-state index contributed by atoms with van der Waals surface area (Å²) in [5, 5.41) is 11.5. The largest absolute Gasteiger partial charge is 0.512 e. The average Bonchev–Trinajstić information content (AvgIpc) is 2.95. The summed E-state index contributed by atoms with van der Waals surface area (Å²) in [5.74, 6) is -0.0625. The number of rotatable bonds is 2. The molecule has 0 amide bonds. The Morgan fingerprint density at radius 2 is 2.04 bits per heavy atom. The van der Waals surface area contributed by atoms with Crippen molar-refractivity contribution in [3.05, 3.63) is 59.9 Å². The van der Waals surface area contributed by atoms with E-state index in [4.69, 9.17) is 5.11 Å². The van der Waals surface area contributed by atoms with Crippen LogP contribution < -0.4 is 0 Å². The zero-order valence-corrected chi connectivity index (χ0v) is 15.8. The molecule has 0 atom stereocenters. The monoisotopic (exact) mass is 504 g/mol. The fourth-order valence-electron chi connectivity index (χ4n) is 1.84. The van der Waals surface area contributed by atoms with E-state index in [2.05, 4.69) is 22.1 Å². The SMILES string of the molecule is CC(=O)/C=C(/C)O.[Ir].[c-]1ccccc1-c1ncnc2sccc12. The Balaban J connectivity index is 0.000000287. The van der Waals surface area contributed by atoms with Crippen LogP contribution in [0.1, 0.15) is 13.8 Å². The van der Waals surface area contributed by atoms with E-state index in [1.54, 1.807) is 17.7 Å². The molecule has 0 saturated carbocycles. The summed E-state index contributed by atoms with van der Waals surface area (Å²) in [6, 6.07) is 13.1. The van der Waals surface area contributed by atoms with Crippen molar-refractivity contribution in [1.82, 2.24) is 9.97 Å². The summed E-state index contributed by atoms with van der Waals surface area (Å²) >= 11 is 1.63. The predicted molar refractivity (Wildman–Crippen MR) is 88.8 cm³/mol. The second-order valence-electron chi connectivity index (χ2n) is 4.53. The molecule has 23 heavy (non-hydrogen) atoms. The molecule has 0 bridgehead atoms. The van der Waals surface area contributed by atoms with Crippen LogP contribution >= 0.6 is 11.3 Å². The number of thiophene rings is 1. The van der Waals surface area contributed by atoms with Gasteiger partial charge in [-0.15, -0.1) is 47.2 Å². The van der Waals surface area contributed by atoms with Crippen LogP contribution in [-0.4, -0.2) is 20.9 Å². The van der Waals surface area contributed by atoms with Crippen LogP contribution in [0.4, 0.5) is 0 Å². The van der Waals surface area contributed by atoms with Crippen molar-refractivity contribution in [2.45, 2.75) is 13.8 Å². The minimum atomic E-state index is -0.125. The van der Waals surface area contributed by atoms with Gasteiger partial charge in [0.05, 0.1) is 5.76 Å². The van der Waals surface area contributed by atoms with E-state index in [1.807, 2.05) is 29.6 Å². The molecule has 2 heterocycles. The number of hydrogen-bond acceptors (Lipinski definition) is 5. The Morgan fingerprint density at radius 3 is 2.61 bits per heavy atom. The molecule has 0 saturated heterocycles. The molecule has 1 aromatic carbocycles. The molecule has 121 valence electrons. The zero-order chi connectivity index (χ0) is 15.9. The van der Waals surface area contributed by atoms with Crippen LogP contribution in [0.3, 0.4) is 0 Å². The fourth-order valence-corrected chi connectivity index (χ4v) is 2.57. The van der Waals surface area contributed by atoms with Crippen LogP contribution in [0.2, 0.25) is 0 Å². The molecule has 3 aromatic rings. The fraction of sp³-hybridized carbons (Fsp3) is 0.118. The van der Waals surface area contributed by atoms with Gasteiger partial charge in [-0.1, -0.05) is 0 Å². The molecule has 1 radical (unpaired) electrons. The van der Waals surface area contributed by atoms with Gasteiger partial charge in [0, 0.05) is 26.2 Å². The first-order chi connectivity index (χ1) is 10.6. The minimum Gasteiger partial charge on any atom is -0.512 e. The number of aliphatic hydroxyl groups excluding tert-OH is 1. The number of aliphatic hydroxyl groups is 1. The summed E-state index contributed by atoms with van der Waals surface area (Å²) < 4.78 is 0. The van der Waals surface area contributed by atoms with Gasteiger partial charge in [-0.25, -0.2) is 4.98 Å². The van der Waals surface area contributed by atoms with Gasteiger partial charge >= 0.3 is 0 Å². The van der Waals surface area contributed by atoms with E-state index < -0.39 is 0 Å². The van der Waals surface area contributed by atoms with Gasteiger partial charge < -0.3 is 5.11 Å². The summed E-state index contributed by atoms with van der Waals surface area (Å²) in [5.41, 5.74) is 1.98. The molecule has 3 rings (SSSR count). The molecular formula is C17H15IrN2O2S-. The molecule has 2 aromatic heterocycles. The summed E-state index contributed by atoms with van der Waals surface area (Å²) in [7, 11) is 0. The van der Waals surface area contributed by atoms with Gasteiger partial charge in [0.2, 0.25) is 0 Å². The van der Waals surface area contributed by atoms with Crippen LogP contribution in [0.15, 0.2) is 53.9 Å². The molecule has 1 N–H and O–H groups in total. The molecule has 4 nitrogen and oxygen atoms in total. The van der Waals surface area contributed by atoms with Gasteiger partial charge in [-0.2, -0.15) is 0 Å². The standard InChI is InChI=1S/C12H7N2S.C5H8O2.Ir/c1-2-4-9(5-3-1)11-10-6-7-15-12(10)14-8-13-11;1-4(6)3-5(2)7;/h1-4,6-8H;3,6H,1-2H3;/q-1;;/b;4-3-;. The third kappa shape index (κ3) is 5.67. The number of nitrogens with zero attached hydrogens (tertiary/aromatic N) is 2. The third-order valence-corrected chi connectivity index (χ3v) is 3.46. The van der Waals surface area contributed by atoms with E-state index in [0.29, 0.717) is 0 Å². The second kappa shape index (κ2) is 9.30. The quantitative estimate of drug-likeness (QED) is 0.324. The Kier molecular flexibility index (Phi) is 7.75. The van der Waals surface area contributed by atoms with Crippen molar-refractivity contribution in [3.63, 3.8) is 0 Å². The number of aromatic nitrogens is 2. The van der Waals surface area contributed by atoms with Crippen molar-refractivity contribution in [3.8, 4) is 11.3 Å². The molecule has 6 heteroatoms. The predicted octanol–water partition coefficient (Wildman–Crippen LogP) is 4.19. The number of ketones is 1. The second-order valence-corrected chi connectivity index (χ2v) is 5.43. The van der Waals surface area contributed by atoms with Crippen LogP contribution in [0.25, 0.3) is 21.5 Å². The molecule has 0 aliphatic rings. The number of benzene rings is 1. The van der Waals surface area contributed by atoms with Crippen molar-refractivity contribution in [2.75, 3.05) is 0 Å². The van der Waals surface area contributed by atoms with E-state index in [-0.39, 0.29) is 31.6 Å². The summed E-state index contributed by atoms with van der Waals surface area (Å²) in [6.45, 7) is 2.85. The van der Waals surface area contributed by atoms with E-state index in [1.165, 1.54) is 19.9 Å². The number of carbonyl (C=O) groups is 1. The third-order valence-electron chi connectivity index (χ3n) is 2.64. The van der Waals surface area contributed by atoms with E-state index in [9.17, 15) is 4.79 Å². The first-order valence-electron chi connectivity index (χ1n) is 6.61. The maximum absolute atomic E-state index is 10.0. The molecule has 0 spiro atoms. The van der Waals surface area contributed by atoms with Gasteiger partial charge in [0.1, 0.15) is 11.2 Å². The summed E-state index contributed by atoms with van der Waals surface area (Å²) in [4.78, 5) is 19.6. The number of hydrogen-bond donors (Lipinski definition) is 1. The van der Waals surface area contributed by atoms with E-state index in [0.717, 1.165) is 21.5 Å². The van der Waals surface area contributed by atoms with Gasteiger partial charge in [-0.05, 0) is 36.4 Å². The molecule has 0 aliphatic heterocycles. The Hall–Kier alpha value is -1.88. The van der Waals surface area contributed by atoms with Crippen molar-refractivity contribution in [1.29, 1.82) is 0 Å². The van der Waals surface area contributed by atoms with E-state index >= 15 is 0 Å². The normalized spacial score (nSPS) is 10.4. The molecular weight excluding hydrogens is 488 g/mol. The maximum Gasteiger partial charge on any atom is 0.155 e. The minimum absolute atomic E-state index is 0. The Labute approximate surface area is 152 Å².